The van der Waals surface area contributed by atoms with Crippen molar-refractivity contribution in [2.75, 3.05) is 31.5 Å². The van der Waals surface area contributed by atoms with Crippen LogP contribution in [0.15, 0.2) is 35.5 Å². The minimum Gasteiger partial charge on any atom is -0.344 e. The Morgan fingerprint density at radius 1 is 1.16 bits per heavy atom. The Bertz CT molecular complexity index is 695. The Morgan fingerprint density at radius 3 is 2.72 bits per heavy atom. The van der Waals surface area contributed by atoms with Crippen LogP contribution in [-0.4, -0.2) is 41.9 Å². The average molecular weight is 361 g/mol. The van der Waals surface area contributed by atoms with Crippen LogP contribution in [0.25, 0.3) is 10.9 Å². The fourth-order valence-corrected chi connectivity index (χ4v) is 3.04. The lowest BCUT2D eigenvalue weighted by Gasteiger charge is -2.17. The third-order valence-electron chi connectivity index (χ3n) is 4.40. The first kappa shape index (κ1) is 19.7. The van der Waals surface area contributed by atoms with Crippen molar-refractivity contribution in [2.45, 2.75) is 40.0 Å². The van der Waals surface area contributed by atoms with E-state index in [1.807, 2.05) is 31.2 Å². The molecule has 1 aromatic heterocycles. The van der Waals surface area contributed by atoms with Crippen LogP contribution in [0.5, 0.6) is 0 Å². The molecule has 0 aliphatic rings. The van der Waals surface area contributed by atoms with Crippen molar-refractivity contribution in [3.05, 3.63) is 35.5 Å². The molecule has 5 heteroatoms. The standard InChI is InChI=1S/C20H29ClN4/c1-4-25(5-2)14-8-6-7-12-22-16(3)24-19-11-13-23-20-15-17(21)9-10-18(19)20/h9-11,13,15H,4-8,12,14H2,1-3H3,(H,22,23,24). The summed E-state index contributed by atoms with van der Waals surface area (Å²) in [6, 6.07) is 7.73. The predicted molar refractivity (Wildman–Crippen MR) is 110 cm³/mol. The normalized spacial score (nSPS) is 12.1. The van der Waals surface area contributed by atoms with Crippen LogP contribution in [0.3, 0.4) is 0 Å². The molecular formula is C20H29ClN4. The van der Waals surface area contributed by atoms with E-state index in [-0.39, 0.29) is 0 Å². The maximum Gasteiger partial charge on any atom is 0.0975 e. The third-order valence-corrected chi connectivity index (χ3v) is 4.63. The zero-order valence-corrected chi connectivity index (χ0v) is 16.3. The second kappa shape index (κ2) is 10.4. The van der Waals surface area contributed by atoms with Gasteiger partial charge in [0.1, 0.15) is 0 Å². The first-order valence-electron chi connectivity index (χ1n) is 9.18. The highest BCUT2D eigenvalue weighted by atomic mass is 35.5. The fraction of sp³-hybridized carbons (Fsp3) is 0.500. The molecule has 0 radical (unpaired) electrons. The molecule has 25 heavy (non-hydrogen) atoms. The van der Waals surface area contributed by atoms with Crippen LogP contribution in [-0.2, 0) is 0 Å². The molecule has 0 spiro atoms. The van der Waals surface area contributed by atoms with Crippen molar-refractivity contribution in [1.29, 1.82) is 0 Å². The van der Waals surface area contributed by atoms with Gasteiger partial charge in [0.15, 0.2) is 0 Å². The van der Waals surface area contributed by atoms with Crippen LogP contribution in [0.2, 0.25) is 5.02 Å². The number of nitrogens with zero attached hydrogens (tertiary/aromatic N) is 3. The number of aromatic nitrogens is 1. The van der Waals surface area contributed by atoms with E-state index in [2.05, 4.69) is 34.0 Å². The molecule has 0 amide bonds. The molecule has 1 N–H and O–H groups in total. The van der Waals surface area contributed by atoms with Crippen LogP contribution in [0.4, 0.5) is 5.69 Å². The van der Waals surface area contributed by atoms with Crippen molar-refractivity contribution in [3.63, 3.8) is 0 Å². The van der Waals surface area contributed by atoms with Crippen molar-refractivity contribution in [3.8, 4) is 0 Å². The minimum atomic E-state index is 0.701. The quantitative estimate of drug-likeness (QED) is 0.378. The summed E-state index contributed by atoms with van der Waals surface area (Å²) in [5, 5.41) is 5.15. The molecule has 0 aliphatic heterocycles. The minimum absolute atomic E-state index is 0.701. The van der Waals surface area contributed by atoms with Gasteiger partial charge < -0.3 is 10.2 Å². The number of anilines is 1. The molecule has 0 aliphatic carbocycles. The monoisotopic (exact) mass is 360 g/mol. The lowest BCUT2D eigenvalue weighted by Crippen LogP contribution is -2.23. The summed E-state index contributed by atoms with van der Waals surface area (Å²) in [4.78, 5) is 11.5. The summed E-state index contributed by atoms with van der Waals surface area (Å²) in [7, 11) is 0. The number of hydrogen-bond donors (Lipinski definition) is 1. The average Bonchev–Trinajstić information content (AvgIpc) is 2.61. The molecule has 0 bridgehead atoms. The van der Waals surface area contributed by atoms with Crippen LogP contribution >= 0.6 is 11.6 Å². The Morgan fingerprint density at radius 2 is 1.96 bits per heavy atom. The Balaban J connectivity index is 1.82. The van der Waals surface area contributed by atoms with E-state index in [0.717, 1.165) is 48.5 Å². The number of unbranched alkanes of at least 4 members (excludes halogenated alkanes) is 2. The number of hydrogen-bond acceptors (Lipinski definition) is 3. The number of aliphatic imine (C=N–C) groups is 1. The second-order valence-corrected chi connectivity index (χ2v) is 6.64. The van der Waals surface area contributed by atoms with Gasteiger partial charge in [-0.2, -0.15) is 0 Å². The number of rotatable bonds is 9. The predicted octanol–water partition coefficient (Wildman–Crippen LogP) is 5.23. The van der Waals surface area contributed by atoms with Crippen molar-refractivity contribution < 1.29 is 0 Å². The van der Waals surface area contributed by atoms with E-state index in [4.69, 9.17) is 11.6 Å². The number of pyridine rings is 1. The molecule has 4 nitrogen and oxygen atoms in total. The number of benzene rings is 1. The van der Waals surface area contributed by atoms with Crippen LogP contribution < -0.4 is 5.32 Å². The van der Waals surface area contributed by atoms with Gasteiger partial charge in [-0.15, -0.1) is 0 Å². The Kier molecular flexibility index (Phi) is 8.16. The van der Waals surface area contributed by atoms with Gasteiger partial charge in [-0.05, 0) is 63.7 Å². The van der Waals surface area contributed by atoms with E-state index >= 15 is 0 Å². The van der Waals surface area contributed by atoms with E-state index in [1.165, 1.54) is 19.4 Å². The maximum atomic E-state index is 6.04. The highest BCUT2D eigenvalue weighted by molar-refractivity contribution is 6.31. The summed E-state index contributed by atoms with van der Waals surface area (Å²) < 4.78 is 0. The number of amidine groups is 1. The van der Waals surface area contributed by atoms with Gasteiger partial charge in [0.05, 0.1) is 17.0 Å². The van der Waals surface area contributed by atoms with Gasteiger partial charge in [0.25, 0.3) is 0 Å². The summed E-state index contributed by atoms with van der Waals surface area (Å²) >= 11 is 6.04. The summed E-state index contributed by atoms with van der Waals surface area (Å²) in [6.45, 7) is 10.8. The zero-order valence-electron chi connectivity index (χ0n) is 15.6. The molecule has 1 aromatic carbocycles. The first-order valence-corrected chi connectivity index (χ1v) is 9.56. The third kappa shape index (κ3) is 6.29. The van der Waals surface area contributed by atoms with Crippen LogP contribution in [0.1, 0.15) is 40.0 Å². The van der Waals surface area contributed by atoms with Crippen LogP contribution in [0, 0.1) is 0 Å². The van der Waals surface area contributed by atoms with E-state index in [9.17, 15) is 0 Å². The SMILES string of the molecule is CCN(CC)CCCCCN=C(C)Nc1ccnc2cc(Cl)ccc12. The summed E-state index contributed by atoms with van der Waals surface area (Å²) in [5.41, 5.74) is 1.91. The van der Waals surface area contributed by atoms with E-state index < -0.39 is 0 Å². The molecule has 136 valence electrons. The van der Waals surface area contributed by atoms with Gasteiger partial charge in [0.2, 0.25) is 0 Å². The molecule has 0 saturated carbocycles. The number of fused-ring (bicyclic) bond motifs is 1. The maximum absolute atomic E-state index is 6.04. The number of halogens is 1. The zero-order chi connectivity index (χ0) is 18.1. The van der Waals surface area contributed by atoms with Crippen molar-refractivity contribution >= 4 is 34.0 Å². The number of nitrogens with one attached hydrogen (secondary N) is 1. The largest absolute Gasteiger partial charge is 0.344 e. The van der Waals surface area contributed by atoms with Gasteiger partial charge in [0, 0.05) is 23.2 Å². The lowest BCUT2D eigenvalue weighted by molar-refractivity contribution is 0.296. The van der Waals surface area contributed by atoms with E-state index in [0.29, 0.717) is 5.02 Å². The molecule has 0 saturated heterocycles. The topological polar surface area (TPSA) is 40.5 Å². The molecule has 2 aromatic rings. The highest BCUT2D eigenvalue weighted by Crippen LogP contribution is 2.24. The van der Waals surface area contributed by atoms with Gasteiger partial charge in [-0.1, -0.05) is 31.9 Å². The van der Waals surface area contributed by atoms with E-state index in [1.54, 1.807) is 6.20 Å². The molecule has 0 fully saturated rings. The molecule has 2 rings (SSSR count). The molecule has 0 atom stereocenters. The first-order chi connectivity index (χ1) is 12.1. The lowest BCUT2D eigenvalue weighted by atomic mass is 10.2. The van der Waals surface area contributed by atoms with Crippen molar-refractivity contribution in [1.82, 2.24) is 9.88 Å². The van der Waals surface area contributed by atoms with Gasteiger partial charge >= 0.3 is 0 Å². The van der Waals surface area contributed by atoms with Crippen molar-refractivity contribution in [2.24, 2.45) is 4.99 Å². The smallest absolute Gasteiger partial charge is 0.0975 e. The molecule has 1 heterocycles. The van der Waals surface area contributed by atoms with Gasteiger partial charge in [-0.25, -0.2) is 0 Å². The molecule has 0 unspecified atom stereocenters. The highest BCUT2D eigenvalue weighted by Gasteiger charge is 2.03. The Labute approximate surface area is 156 Å². The summed E-state index contributed by atoms with van der Waals surface area (Å²) in [5.74, 6) is 0.936. The summed E-state index contributed by atoms with van der Waals surface area (Å²) in [6.07, 6.45) is 5.40. The Hall–Kier alpha value is -1.65. The second-order valence-electron chi connectivity index (χ2n) is 6.20. The fourth-order valence-electron chi connectivity index (χ4n) is 2.88. The molecular weight excluding hydrogens is 332 g/mol. The van der Waals surface area contributed by atoms with Gasteiger partial charge in [-0.3, -0.25) is 9.98 Å².